The Labute approximate surface area is 89.3 Å². The van der Waals surface area contributed by atoms with Crippen molar-refractivity contribution in [2.45, 2.75) is 52.6 Å². The molecule has 0 fully saturated rings. The quantitative estimate of drug-likeness (QED) is 0.639. The molecule has 0 amide bonds. The fourth-order valence-electron chi connectivity index (χ4n) is 1.85. The Balaban J connectivity index is 4.69. The first-order valence-electron chi connectivity index (χ1n) is 5.41. The lowest BCUT2D eigenvalue weighted by molar-refractivity contribution is 0.357. The minimum Gasteiger partial charge on any atom is -0.305 e. The van der Waals surface area contributed by atoms with Gasteiger partial charge in [-0.05, 0) is 19.3 Å². The molecule has 0 saturated carbocycles. The second-order valence-electron chi connectivity index (χ2n) is 4.80. The largest absolute Gasteiger partial charge is 0.305 e. The predicted octanol–water partition coefficient (Wildman–Crippen LogP) is 3.53. The van der Waals surface area contributed by atoms with Crippen molar-refractivity contribution in [2.24, 2.45) is 5.92 Å². The number of rotatable bonds is 6. The van der Waals surface area contributed by atoms with Crippen molar-refractivity contribution in [3.63, 3.8) is 0 Å². The molecule has 0 aliphatic rings. The van der Waals surface area contributed by atoms with Crippen molar-refractivity contribution < 1.29 is 0 Å². The molecule has 0 bridgehead atoms. The normalized spacial score (nSPS) is 15.6. The van der Waals surface area contributed by atoms with Crippen LogP contribution in [0.15, 0.2) is 24.8 Å². The summed E-state index contributed by atoms with van der Waals surface area (Å²) in [6.45, 7) is 18.9. The minimum absolute atomic E-state index is 0.00984. The van der Waals surface area contributed by atoms with Gasteiger partial charge in [-0.3, -0.25) is 0 Å². The summed E-state index contributed by atoms with van der Waals surface area (Å²) in [5.74, 6) is 0.506. The zero-order valence-electron chi connectivity index (χ0n) is 10.4. The van der Waals surface area contributed by atoms with Crippen molar-refractivity contribution in [3.05, 3.63) is 24.8 Å². The van der Waals surface area contributed by atoms with Gasteiger partial charge in [-0.1, -0.05) is 45.9 Å². The Morgan fingerprint density at radius 3 is 2.14 bits per heavy atom. The molecule has 0 rings (SSSR count). The summed E-state index contributed by atoms with van der Waals surface area (Å²) < 4.78 is 0. The van der Waals surface area contributed by atoms with Gasteiger partial charge in [-0.2, -0.15) is 0 Å². The van der Waals surface area contributed by atoms with Gasteiger partial charge in [0, 0.05) is 11.6 Å². The number of hydrogen-bond donors (Lipinski definition) is 1. The average molecular weight is 195 g/mol. The Bertz CT molecular complexity index is 203. The highest BCUT2D eigenvalue weighted by molar-refractivity contribution is 5.19. The highest BCUT2D eigenvalue weighted by Crippen LogP contribution is 2.26. The molecule has 0 aromatic rings. The molecular formula is C13H25N. The summed E-state index contributed by atoms with van der Waals surface area (Å²) >= 11 is 0. The van der Waals surface area contributed by atoms with Crippen LogP contribution >= 0.6 is 0 Å². The van der Waals surface area contributed by atoms with E-state index in [0.29, 0.717) is 12.0 Å². The Morgan fingerprint density at radius 1 is 1.36 bits per heavy atom. The lowest BCUT2D eigenvalue weighted by Gasteiger charge is -2.36. The van der Waals surface area contributed by atoms with Crippen LogP contribution in [0.2, 0.25) is 0 Å². The molecule has 1 atom stereocenters. The Kier molecular flexibility index (Phi) is 5.14. The van der Waals surface area contributed by atoms with Crippen molar-refractivity contribution in [3.8, 4) is 0 Å². The lowest BCUT2D eigenvalue weighted by atomic mass is 9.82. The van der Waals surface area contributed by atoms with Gasteiger partial charge in [0.2, 0.25) is 0 Å². The third kappa shape index (κ3) is 3.67. The van der Waals surface area contributed by atoms with E-state index in [0.717, 1.165) is 6.42 Å². The highest BCUT2D eigenvalue weighted by Gasteiger charge is 2.27. The molecule has 0 aromatic heterocycles. The summed E-state index contributed by atoms with van der Waals surface area (Å²) in [6.07, 6.45) is 2.89. The Hall–Kier alpha value is -0.560. The van der Waals surface area contributed by atoms with Crippen molar-refractivity contribution in [2.75, 3.05) is 0 Å². The molecule has 1 unspecified atom stereocenters. The van der Waals surface area contributed by atoms with Gasteiger partial charge >= 0.3 is 0 Å². The van der Waals surface area contributed by atoms with E-state index in [1.54, 1.807) is 0 Å². The summed E-state index contributed by atoms with van der Waals surface area (Å²) in [5, 5.41) is 3.57. The zero-order chi connectivity index (χ0) is 11.4. The molecule has 0 heterocycles. The topological polar surface area (TPSA) is 12.0 Å². The second-order valence-corrected chi connectivity index (χ2v) is 4.80. The molecule has 0 saturated heterocycles. The molecule has 0 aromatic carbocycles. The molecule has 0 radical (unpaired) electrons. The van der Waals surface area contributed by atoms with Gasteiger partial charge in [0.1, 0.15) is 0 Å². The van der Waals surface area contributed by atoms with Crippen LogP contribution in [-0.4, -0.2) is 11.6 Å². The predicted molar refractivity (Wildman–Crippen MR) is 65.5 cm³/mol. The van der Waals surface area contributed by atoms with Crippen LogP contribution in [0.3, 0.4) is 0 Å². The van der Waals surface area contributed by atoms with E-state index in [2.05, 4.69) is 53.1 Å². The fraction of sp³-hybridized carbons (Fsp3) is 0.692. The average Bonchev–Trinajstić information content (AvgIpc) is 2.01. The third-order valence-electron chi connectivity index (χ3n) is 2.57. The fourth-order valence-corrected chi connectivity index (χ4v) is 1.85. The van der Waals surface area contributed by atoms with Gasteiger partial charge in [0.05, 0.1) is 0 Å². The van der Waals surface area contributed by atoms with Gasteiger partial charge < -0.3 is 5.32 Å². The van der Waals surface area contributed by atoms with Gasteiger partial charge in [0.15, 0.2) is 0 Å². The number of hydrogen-bond acceptors (Lipinski definition) is 1. The van der Waals surface area contributed by atoms with Gasteiger partial charge in [-0.15, -0.1) is 6.58 Å². The van der Waals surface area contributed by atoms with Crippen LogP contribution in [0.5, 0.6) is 0 Å². The molecule has 0 aliphatic heterocycles. The van der Waals surface area contributed by atoms with E-state index in [4.69, 9.17) is 0 Å². The van der Waals surface area contributed by atoms with Crippen LogP contribution in [0.1, 0.15) is 41.0 Å². The molecule has 1 N–H and O–H groups in total. The van der Waals surface area contributed by atoms with Crippen LogP contribution in [0.25, 0.3) is 0 Å². The maximum Gasteiger partial charge on any atom is 0.0401 e. The number of nitrogens with one attached hydrogen (secondary N) is 1. The summed E-state index contributed by atoms with van der Waals surface area (Å²) in [6, 6.07) is 0.468. The van der Waals surface area contributed by atoms with E-state index in [-0.39, 0.29) is 5.54 Å². The van der Waals surface area contributed by atoms with E-state index in [1.807, 2.05) is 6.08 Å². The molecule has 0 aliphatic carbocycles. The van der Waals surface area contributed by atoms with E-state index in [1.165, 1.54) is 5.57 Å². The van der Waals surface area contributed by atoms with Gasteiger partial charge in [-0.25, -0.2) is 0 Å². The smallest absolute Gasteiger partial charge is 0.0401 e. The molecule has 82 valence electrons. The van der Waals surface area contributed by atoms with Crippen molar-refractivity contribution in [1.82, 2.24) is 5.32 Å². The molecule has 0 spiro atoms. The van der Waals surface area contributed by atoms with Crippen LogP contribution in [-0.2, 0) is 0 Å². The minimum atomic E-state index is -0.00984. The van der Waals surface area contributed by atoms with Crippen LogP contribution in [0, 0.1) is 5.92 Å². The summed E-state index contributed by atoms with van der Waals surface area (Å²) in [5.41, 5.74) is 1.25. The standard InChI is InChI=1S/C13H25N/c1-8-9-13(7,14-11(4)5)12(6)10(2)3/h8,10-11,14H,1,6,9H2,2-5,7H3. The first-order chi connectivity index (χ1) is 6.33. The molecule has 1 heteroatoms. The van der Waals surface area contributed by atoms with E-state index >= 15 is 0 Å². The SMILES string of the molecule is C=CCC(C)(NC(C)C)C(=C)C(C)C. The maximum atomic E-state index is 4.19. The van der Waals surface area contributed by atoms with E-state index in [9.17, 15) is 0 Å². The molecule has 1 nitrogen and oxygen atoms in total. The van der Waals surface area contributed by atoms with Crippen molar-refractivity contribution in [1.29, 1.82) is 0 Å². The van der Waals surface area contributed by atoms with Crippen molar-refractivity contribution >= 4 is 0 Å². The summed E-state index contributed by atoms with van der Waals surface area (Å²) in [4.78, 5) is 0. The lowest BCUT2D eigenvalue weighted by Crippen LogP contribution is -2.48. The third-order valence-corrected chi connectivity index (χ3v) is 2.57. The van der Waals surface area contributed by atoms with E-state index < -0.39 is 0 Å². The highest BCUT2D eigenvalue weighted by atomic mass is 15.0. The first-order valence-corrected chi connectivity index (χ1v) is 5.41. The molecular weight excluding hydrogens is 170 g/mol. The Morgan fingerprint density at radius 2 is 1.86 bits per heavy atom. The van der Waals surface area contributed by atoms with Crippen LogP contribution in [0.4, 0.5) is 0 Å². The first kappa shape index (κ1) is 13.4. The monoisotopic (exact) mass is 195 g/mol. The van der Waals surface area contributed by atoms with Crippen LogP contribution < -0.4 is 5.32 Å². The maximum absolute atomic E-state index is 4.19. The molecule has 14 heavy (non-hydrogen) atoms. The second kappa shape index (κ2) is 5.35. The zero-order valence-corrected chi connectivity index (χ0v) is 10.4. The summed E-state index contributed by atoms with van der Waals surface area (Å²) in [7, 11) is 0. The van der Waals surface area contributed by atoms with Gasteiger partial charge in [0.25, 0.3) is 0 Å².